The maximum Gasteiger partial charge on any atom is 0.150 e. The highest BCUT2D eigenvalue weighted by molar-refractivity contribution is 5.83. The van der Waals surface area contributed by atoms with Gasteiger partial charge in [-0.2, -0.15) is 0 Å². The third-order valence-corrected chi connectivity index (χ3v) is 4.73. The molecule has 0 N–H and O–H groups in total. The van der Waals surface area contributed by atoms with Crippen molar-refractivity contribution in [3.63, 3.8) is 0 Å². The number of rotatable bonds is 8. The van der Waals surface area contributed by atoms with Crippen LogP contribution in [0, 0.1) is 5.92 Å². The van der Waals surface area contributed by atoms with Crippen molar-refractivity contribution in [1.82, 2.24) is 0 Å². The fourth-order valence-electron chi connectivity index (χ4n) is 3.00. The van der Waals surface area contributed by atoms with Crippen LogP contribution in [0.1, 0.15) is 28.8 Å². The Labute approximate surface area is 159 Å². The molecular weight excluding hydrogens is 336 g/mol. The van der Waals surface area contributed by atoms with Crippen LogP contribution in [0.15, 0.2) is 72.8 Å². The summed E-state index contributed by atoms with van der Waals surface area (Å²) < 4.78 is 12.2. The minimum absolute atomic E-state index is 0.490. The third kappa shape index (κ3) is 4.37. The van der Waals surface area contributed by atoms with Crippen molar-refractivity contribution in [3.8, 4) is 22.6 Å². The number of hydrogen-bond donors (Lipinski definition) is 0. The minimum Gasteiger partial charge on any atom is -0.493 e. The molecule has 1 fully saturated rings. The molecule has 0 spiro atoms. The van der Waals surface area contributed by atoms with E-state index >= 15 is 0 Å². The summed E-state index contributed by atoms with van der Waals surface area (Å²) in [7, 11) is 0. The van der Waals surface area contributed by atoms with E-state index < -0.39 is 0 Å². The first kappa shape index (κ1) is 17.3. The predicted molar refractivity (Wildman–Crippen MR) is 106 cm³/mol. The standard InChI is InChI=1S/C24H22O3/c25-15-20-12-13-24(27-17-19-10-11-19)22(14-20)21-8-4-5-9-23(21)26-16-18-6-2-1-3-7-18/h1-9,12-15,19H,10-11,16-17H2. The van der Waals surface area contributed by atoms with Crippen LogP contribution in [0.4, 0.5) is 0 Å². The van der Waals surface area contributed by atoms with Gasteiger partial charge in [0.1, 0.15) is 24.4 Å². The van der Waals surface area contributed by atoms with Crippen LogP contribution in [0.3, 0.4) is 0 Å². The smallest absolute Gasteiger partial charge is 0.150 e. The maximum absolute atomic E-state index is 11.3. The highest BCUT2D eigenvalue weighted by Gasteiger charge is 2.23. The van der Waals surface area contributed by atoms with Crippen molar-refractivity contribution in [2.45, 2.75) is 19.4 Å². The lowest BCUT2D eigenvalue weighted by atomic mass is 10.0. The maximum atomic E-state index is 11.3. The summed E-state index contributed by atoms with van der Waals surface area (Å²) in [6.07, 6.45) is 3.33. The zero-order chi connectivity index (χ0) is 18.5. The summed E-state index contributed by atoms with van der Waals surface area (Å²) in [6, 6.07) is 23.5. The van der Waals surface area contributed by atoms with Crippen LogP contribution >= 0.6 is 0 Å². The van der Waals surface area contributed by atoms with E-state index in [0.29, 0.717) is 18.1 Å². The monoisotopic (exact) mass is 358 g/mol. The normalized spacial score (nSPS) is 13.2. The second-order valence-electron chi connectivity index (χ2n) is 6.90. The van der Waals surface area contributed by atoms with Crippen molar-refractivity contribution < 1.29 is 14.3 Å². The molecule has 3 aromatic rings. The molecule has 4 rings (SSSR count). The summed E-state index contributed by atoms with van der Waals surface area (Å²) in [6.45, 7) is 1.21. The van der Waals surface area contributed by atoms with E-state index in [9.17, 15) is 4.79 Å². The molecule has 0 aliphatic heterocycles. The van der Waals surface area contributed by atoms with Crippen LogP contribution in [0.25, 0.3) is 11.1 Å². The number of ether oxygens (including phenoxy) is 2. The first-order chi connectivity index (χ1) is 13.3. The van der Waals surface area contributed by atoms with Gasteiger partial charge in [-0.05, 0) is 48.6 Å². The molecule has 3 aromatic carbocycles. The van der Waals surface area contributed by atoms with E-state index in [1.165, 1.54) is 12.8 Å². The molecule has 0 radical (unpaired) electrons. The average Bonchev–Trinajstić information content (AvgIpc) is 3.56. The summed E-state index contributed by atoms with van der Waals surface area (Å²) in [5.74, 6) is 2.23. The summed E-state index contributed by atoms with van der Waals surface area (Å²) >= 11 is 0. The topological polar surface area (TPSA) is 35.5 Å². The van der Waals surface area contributed by atoms with Crippen molar-refractivity contribution in [3.05, 3.63) is 83.9 Å². The van der Waals surface area contributed by atoms with Crippen LogP contribution in [-0.2, 0) is 6.61 Å². The number of para-hydroxylation sites is 1. The van der Waals surface area contributed by atoms with E-state index in [2.05, 4.69) is 0 Å². The first-order valence-electron chi connectivity index (χ1n) is 9.31. The van der Waals surface area contributed by atoms with Crippen molar-refractivity contribution in [1.29, 1.82) is 0 Å². The van der Waals surface area contributed by atoms with Gasteiger partial charge in [0, 0.05) is 16.7 Å². The Kier molecular flexibility index (Phi) is 5.20. The van der Waals surface area contributed by atoms with Gasteiger partial charge >= 0.3 is 0 Å². The zero-order valence-electron chi connectivity index (χ0n) is 15.1. The number of carbonyl (C=O) groups excluding carboxylic acids is 1. The van der Waals surface area contributed by atoms with Gasteiger partial charge in [-0.3, -0.25) is 4.79 Å². The largest absolute Gasteiger partial charge is 0.493 e. The summed E-state index contributed by atoms with van der Waals surface area (Å²) in [4.78, 5) is 11.3. The zero-order valence-corrected chi connectivity index (χ0v) is 15.1. The highest BCUT2D eigenvalue weighted by Crippen LogP contribution is 2.38. The van der Waals surface area contributed by atoms with Gasteiger partial charge in [0.2, 0.25) is 0 Å². The van der Waals surface area contributed by atoms with E-state index in [4.69, 9.17) is 9.47 Å². The number of aldehydes is 1. The van der Waals surface area contributed by atoms with E-state index in [1.54, 1.807) is 6.07 Å². The van der Waals surface area contributed by atoms with Gasteiger partial charge in [0.15, 0.2) is 0 Å². The Hall–Kier alpha value is -3.07. The van der Waals surface area contributed by atoms with Crippen LogP contribution < -0.4 is 9.47 Å². The average molecular weight is 358 g/mol. The lowest BCUT2D eigenvalue weighted by molar-refractivity contribution is 0.112. The number of hydrogen-bond acceptors (Lipinski definition) is 3. The second kappa shape index (κ2) is 8.09. The molecular formula is C24H22O3. The van der Waals surface area contributed by atoms with E-state index in [-0.39, 0.29) is 0 Å². The molecule has 0 bridgehead atoms. The van der Waals surface area contributed by atoms with E-state index in [0.717, 1.165) is 41.1 Å². The van der Waals surface area contributed by atoms with Gasteiger partial charge in [-0.1, -0.05) is 48.5 Å². The van der Waals surface area contributed by atoms with Crippen molar-refractivity contribution in [2.75, 3.05) is 6.61 Å². The molecule has 27 heavy (non-hydrogen) atoms. The first-order valence-corrected chi connectivity index (χ1v) is 9.31. The molecule has 0 atom stereocenters. The molecule has 0 aromatic heterocycles. The Balaban J connectivity index is 1.64. The molecule has 136 valence electrons. The fraction of sp³-hybridized carbons (Fsp3) is 0.208. The predicted octanol–water partition coefficient (Wildman–Crippen LogP) is 5.53. The molecule has 0 heterocycles. The molecule has 1 saturated carbocycles. The molecule has 3 heteroatoms. The van der Waals surface area contributed by atoms with E-state index in [1.807, 2.05) is 66.7 Å². The summed E-state index contributed by atoms with van der Waals surface area (Å²) in [5.41, 5.74) is 3.56. The quantitative estimate of drug-likeness (QED) is 0.496. The Bertz CT molecular complexity index is 914. The van der Waals surface area contributed by atoms with Gasteiger partial charge in [-0.25, -0.2) is 0 Å². The Morgan fingerprint density at radius 1 is 0.815 bits per heavy atom. The van der Waals surface area contributed by atoms with Gasteiger partial charge < -0.3 is 9.47 Å². The van der Waals surface area contributed by atoms with Gasteiger partial charge in [0.25, 0.3) is 0 Å². The molecule has 1 aliphatic carbocycles. The van der Waals surface area contributed by atoms with Crippen LogP contribution in [0.5, 0.6) is 11.5 Å². The Morgan fingerprint density at radius 3 is 2.33 bits per heavy atom. The van der Waals surface area contributed by atoms with Gasteiger partial charge in [0.05, 0.1) is 6.61 Å². The minimum atomic E-state index is 0.490. The molecule has 0 unspecified atom stereocenters. The van der Waals surface area contributed by atoms with Crippen molar-refractivity contribution >= 4 is 6.29 Å². The fourth-order valence-corrected chi connectivity index (χ4v) is 3.00. The second-order valence-corrected chi connectivity index (χ2v) is 6.90. The molecule has 1 aliphatic rings. The third-order valence-electron chi connectivity index (χ3n) is 4.73. The summed E-state index contributed by atoms with van der Waals surface area (Å²) in [5, 5.41) is 0. The highest BCUT2D eigenvalue weighted by atomic mass is 16.5. The van der Waals surface area contributed by atoms with Crippen LogP contribution in [0.2, 0.25) is 0 Å². The Morgan fingerprint density at radius 2 is 1.56 bits per heavy atom. The SMILES string of the molecule is O=Cc1ccc(OCC2CC2)c(-c2ccccc2OCc2ccccc2)c1. The number of carbonyl (C=O) groups is 1. The molecule has 0 amide bonds. The molecule has 3 nitrogen and oxygen atoms in total. The lowest BCUT2D eigenvalue weighted by Gasteiger charge is -2.16. The lowest BCUT2D eigenvalue weighted by Crippen LogP contribution is -2.02. The van der Waals surface area contributed by atoms with Crippen molar-refractivity contribution in [2.24, 2.45) is 5.92 Å². The van der Waals surface area contributed by atoms with Gasteiger partial charge in [-0.15, -0.1) is 0 Å². The number of benzene rings is 3. The van der Waals surface area contributed by atoms with Crippen LogP contribution in [-0.4, -0.2) is 12.9 Å². The molecule has 0 saturated heterocycles.